The van der Waals surface area contributed by atoms with Crippen LogP contribution in [0.25, 0.3) is 0 Å². The largest absolute Gasteiger partial charge is 0.452 e. The minimum atomic E-state index is -3.77. The van der Waals surface area contributed by atoms with Crippen LogP contribution in [0, 0.1) is 0 Å². The first kappa shape index (κ1) is 20.8. The zero-order chi connectivity index (χ0) is 20.9. The van der Waals surface area contributed by atoms with Crippen molar-refractivity contribution in [1.29, 1.82) is 0 Å². The van der Waals surface area contributed by atoms with Gasteiger partial charge in [-0.1, -0.05) is 36.4 Å². The summed E-state index contributed by atoms with van der Waals surface area (Å²) in [7, 11) is -3.77. The van der Waals surface area contributed by atoms with Crippen LogP contribution in [0.3, 0.4) is 0 Å². The Morgan fingerprint density at radius 1 is 1.14 bits per heavy atom. The Kier molecular flexibility index (Phi) is 6.46. The second-order valence-electron chi connectivity index (χ2n) is 6.55. The number of sulfonamides is 1. The maximum absolute atomic E-state index is 13.1. The van der Waals surface area contributed by atoms with E-state index < -0.39 is 28.5 Å². The molecule has 0 saturated heterocycles. The van der Waals surface area contributed by atoms with Gasteiger partial charge in [0.25, 0.3) is 5.91 Å². The van der Waals surface area contributed by atoms with Gasteiger partial charge in [-0.05, 0) is 35.7 Å². The topological polar surface area (TPSA) is 92.8 Å². The molecule has 1 amide bonds. The Morgan fingerprint density at radius 2 is 1.90 bits per heavy atom. The average molecular weight is 414 g/mol. The first-order valence-electron chi connectivity index (χ1n) is 9.13. The quantitative estimate of drug-likeness (QED) is 0.552. The fourth-order valence-corrected chi connectivity index (χ4v) is 4.52. The molecule has 2 aromatic rings. The van der Waals surface area contributed by atoms with Gasteiger partial charge in [0, 0.05) is 19.6 Å². The van der Waals surface area contributed by atoms with E-state index in [0.29, 0.717) is 13.0 Å². The first-order chi connectivity index (χ1) is 13.9. The number of rotatable bonds is 7. The molecule has 0 radical (unpaired) electrons. The van der Waals surface area contributed by atoms with Crippen LogP contribution in [0.4, 0.5) is 0 Å². The fourth-order valence-electron chi connectivity index (χ4n) is 3.06. The second kappa shape index (κ2) is 9.02. The lowest BCUT2D eigenvalue weighted by Gasteiger charge is -2.28. The van der Waals surface area contributed by atoms with Crippen molar-refractivity contribution in [2.75, 3.05) is 19.7 Å². The molecule has 1 heterocycles. The highest BCUT2D eigenvalue weighted by Gasteiger charge is 2.28. The van der Waals surface area contributed by atoms with Crippen LogP contribution in [-0.4, -0.2) is 44.3 Å². The molecule has 0 spiro atoms. The predicted molar refractivity (Wildman–Crippen MR) is 108 cm³/mol. The van der Waals surface area contributed by atoms with Crippen LogP contribution in [0.5, 0.6) is 0 Å². The number of carbonyl (C=O) groups is 2. The highest BCUT2D eigenvalue weighted by Crippen LogP contribution is 2.25. The molecule has 152 valence electrons. The van der Waals surface area contributed by atoms with E-state index in [0.717, 1.165) is 11.1 Å². The summed E-state index contributed by atoms with van der Waals surface area (Å²) in [4.78, 5) is 23.8. The summed E-state index contributed by atoms with van der Waals surface area (Å²) < 4.78 is 32.5. The van der Waals surface area contributed by atoms with Crippen molar-refractivity contribution in [3.8, 4) is 0 Å². The maximum Gasteiger partial charge on any atom is 0.338 e. The van der Waals surface area contributed by atoms with Crippen molar-refractivity contribution >= 4 is 21.9 Å². The molecule has 1 aliphatic heterocycles. The van der Waals surface area contributed by atoms with Gasteiger partial charge >= 0.3 is 5.97 Å². The van der Waals surface area contributed by atoms with Crippen LogP contribution in [0.2, 0.25) is 0 Å². The van der Waals surface area contributed by atoms with Crippen molar-refractivity contribution in [1.82, 2.24) is 9.62 Å². The first-order valence-corrected chi connectivity index (χ1v) is 10.6. The van der Waals surface area contributed by atoms with Crippen LogP contribution >= 0.6 is 0 Å². The number of hydrogen-bond acceptors (Lipinski definition) is 5. The van der Waals surface area contributed by atoms with Crippen LogP contribution in [0.1, 0.15) is 21.5 Å². The molecule has 3 rings (SSSR count). The lowest BCUT2D eigenvalue weighted by Crippen LogP contribution is -2.36. The summed E-state index contributed by atoms with van der Waals surface area (Å²) in [5.74, 6) is -1.23. The number of ether oxygens (including phenoxy) is 1. The predicted octanol–water partition coefficient (Wildman–Crippen LogP) is 1.89. The molecule has 0 fully saturated rings. The van der Waals surface area contributed by atoms with Gasteiger partial charge in [-0.3, -0.25) is 4.79 Å². The molecule has 0 saturated carbocycles. The number of nitrogens with zero attached hydrogens (tertiary/aromatic N) is 1. The highest BCUT2D eigenvalue weighted by atomic mass is 32.2. The molecule has 7 nitrogen and oxygen atoms in total. The summed E-state index contributed by atoms with van der Waals surface area (Å²) in [6, 6.07) is 13.4. The van der Waals surface area contributed by atoms with E-state index in [1.165, 1.54) is 34.6 Å². The Bertz CT molecular complexity index is 1030. The van der Waals surface area contributed by atoms with Crippen molar-refractivity contribution in [2.24, 2.45) is 0 Å². The molecular formula is C21H22N2O5S. The lowest BCUT2D eigenvalue weighted by molar-refractivity contribution is -0.124. The van der Waals surface area contributed by atoms with Crippen LogP contribution < -0.4 is 5.32 Å². The van der Waals surface area contributed by atoms with E-state index in [1.54, 1.807) is 0 Å². The van der Waals surface area contributed by atoms with Crippen molar-refractivity contribution in [2.45, 2.75) is 17.9 Å². The molecule has 8 heteroatoms. The van der Waals surface area contributed by atoms with Gasteiger partial charge < -0.3 is 10.1 Å². The summed E-state index contributed by atoms with van der Waals surface area (Å²) in [5.41, 5.74) is 2.19. The lowest BCUT2D eigenvalue weighted by atomic mass is 10.0. The van der Waals surface area contributed by atoms with Gasteiger partial charge in [0.1, 0.15) is 0 Å². The van der Waals surface area contributed by atoms with Gasteiger partial charge in [-0.25, -0.2) is 13.2 Å². The minimum Gasteiger partial charge on any atom is -0.452 e. The van der Waals surface area contributed by atoms with E-state index in [4.69, 9.17) is 4.74 Å². The number of esters is 1. The third-order valence-corrected chi connectivity index (χ3v) is 6.42. The van der Waals surface area contributed by atoms with E-state index in [9.17, 15) is 18.0 Å². The standard InChI is InChI=1S/C21H22N2O5S/c1-2-11-22-20(24)15-28-21(25)17-8-5-9-19(13-17)29(26,27)23-12-10-16-6-3-4-7-18(16)14-23/h2-9,13H,1,10-12,14-15H2,(H,22,24). The molecule has 0 aliphatic carbocycles. The van der Waals surface area contributed by atoms with Gasteiger partial charge in [-0.2, -0.15) is 4.31 Å². The van der Waals surface area contributed by atoms with Gasteiger partial charge in [0.05, 0.1) is 10.5 Å². The molecule has 1 aliphatic rings. The highest BCUT2D eigenvalue weighted by molar-refractivity contribution is 7.89. The summed E-state index contributed by atoms with van der Waals surface area (Å²) in [6.07, 6.45) is 2.14. The number of benzene rings is 2. The maximum atomic E-state index is 13.1. The Labute approximate surface area is 170 Å². The zero-order valence-corrected chi connectivity index (χ0v) is 16.7. The molecule has 29 heavy (non-hydrogen) atoms. The third kappa shape index (κ3) is 4.90. The Morgan fingerprint density at radius 3 is 2.66 bits per heavy atom. The molecular weight excluding hydrogens is 392 g/mol. The van der Waals surface area contributed by atoms with Crippen LogP contribution in [0.15, 0.2) is 66.1 Å². The number of carbonyl (C=O) groups excluding carboxylic acids is 2. The monoisotopic (exact) mass is 414 g/mol. The van der Waals surface area contributed by atoms with Gasteiger partial charge in [0.2, 0.25) is 10.0 Å². The molecule has 0 atom stereocenters. The number of amides is 1. The zero-order valence-electron chi connectivity index (χ0n) is 15.8. The fraction of sp³-hybridized carbons (Fsp3) is 0.238. The van der Waals surface area contributed by atoms with Crippen molar-refractivity contribution in [3.63, 3.8) is 0 Å². The smallest absolute Gasteiger partial charge is 0.338 e. The minimum absolute atomic E-state index is 0.0161. The van der Waals surface area contributed by atoms with Gasteiger partial charge in [0.15, 0.2) is 6.61 Å². The summed E-state index contributed by atoms with van der Waals surface area (Å²) in [6.45, 7) is 3.95. The molecule has 2 aromatic carbocycles. The molecule has 0 aromatic heterocycles. The molecule has 0 unspecified atom stereocenters. The van der Waals surface area contributed by atoms with Crippen molar-refractivity contribution < 1.29 is 22.7 Å². The third-order valence-electron chi connectivity index (χ3n) is 4.58. The van der Waals surface area contributed by atoms with Crippen LogP contribution in [-0.2, 0) is 32.5 Å². The second-order valence-corrected chi connectivity index (χ2v) is 8.49. The number of fused-ring (bicyclic) bond motifs is 1. The van der Waals surface area contributed by atoms with E-state index in [2.05, 4.69) is 11.9 Å². The van der Waals surface area contributed by atoms with Crippen molar-refractivity contribution in [3.05, 3.63) is 77.9 Å². The van der Waals surface area contributed by atoms with Gasteiger partial charge in [-0.15, -0.1) is 6.58 Å². The summed E-state index contributed by atoms with van der Waals surface area (Å²) >= 11 is 0. The number of nitrogens with one attached hydrogen (secondary N) is 1. The average Bonchev–Trinajstić information content (AvgIpc) is 2.75. The normalized spacial score (nSPS) is 13.9. The van der Waals surface area contributed by atoms with E-state index in [1.807, 2.05) is 24.3 Å². The summed E-state index contributed by atoms with van der Waals surface area (Å²) in [5, 5.41) is 2.49. The SMILES string of the molecule is C=CCNC(=O)COC(=O)c1cccc(S(=O)(=O)N2CCc3ccccc3C2)c1. The number of hydrogen-bond donors (Lipinski definition) is 1. The molecule has 1 N–H and O–H groups in total. The Balaban J connectivity index is 1.72. The van der Waals surface area contributed by atoms with E-state index >= 15 is 0 Å². The Hall–Kier alpha value is -2.97. The molecule has 0 bridgehead atoms. The van der Waals surface area contributed by atoms with E-state index in [-0.39, 0.29) is 23.5 Å².